The Morgan fingerprint density at radius 3 is 2.22 bits per heavy atom. The predicted molar refractivity (Wildman–Crippen MR) is 124 cm³/mol. The van der Waals surface area contributed by atoms with Crippen LogP contribution in [0.15, 0.2) is 42.5 Å². The van der Waals surface area contributed by atoms with Gasteiger partial charge in [0.1, 0.15) is 5.75 Å². The molecule has 1 saturated heterocycles. The zero-order valence-electron chi connectivity index (χ0n) is 18.9. The van der Waals surface area contributed by atoms with Crippen molar-refractivity contribution in [3.8, 4) is 5.75 Å². The largest absolute Gasteiger partial charge is 0.484 e. The lowest BCUT2D eigenvalue weighted by Gasteiger charge is -2.32. The normalized spacial score (nSPS) is 14.0. The maximum atomic E-state index is 12.4. The molecule has 2 aromatic rings. The number of para-hydroxylation sites is 1. The number of benzene rings is 2. The van der Waals surface area contributed by atoms with Crippen LogP contribution in [0.4, 0.5) is 5.69 Å². The van der Waals surface area contributed by atoms with Crippen LogP contribution in [-0.2, 0) is 14.4 Å². The lowest BCUT2D eigenvalue weighted by atomic mass is 9.96. The van der Waals surface area contributed by atoms with Gasteiger partial charge in [-0.15, -0.1) is 0 Å². The Labute approximate surface area is 189 Å². The summed E-state index contributed by atoms with van der Waals surface area (Å²) in [7, 11) is 0. The number of nitrogens with one attached hydrogen (secondary N) is 2. The van der Waals surface area contributed by atoms with Gasteiger partial charge in [-0.3, -0.25) is 14.4 Å². The van der Waals surface area contributed by atoms with Gasteiger partial charge in [0.2, 0.25) is 0 Å². The second-order valence-corrected chi connectivity index (χ2v) is 8.36. The van der Waals surface area contributed by atoms with Crippen molar-refractivity contribution in [2.24, 2.45) is 5.92 Å². The van der Waals surface area contributed by atoms with Crippen LogP contribution >= 0.6 is 0 Å². The van der Waals surface area contributed by atoms with Gasteiger partial charge in [0, 0.05) is 25.3 Å². The molecule has 2 N–H and O–H groups in total. The lowest BCUT2D eigenvalue weighted by Crippen LogP contribution is -2.44. The Kier molecular flexibility index (Phi) is 7.87. The van der Waals surface area contributed by atoms with Crippen molar-refractivity contribution in [3.63, 3.8) is 0 Å². The molecule has 7 heteroatoms. The average molecular weight is 438 g/mol. The number of carbonyl (C=O) groups excluding carboxylic acids is 3. The quantitative estimate of drug-likeness (QED) is 0.680. The van der Waals surface area contributed by atoms with Gasteiger partial charge in [-0.1, -0.05) is 35.9 Å². The monoisotopic (exact) mass is 437 g/mol. The summed E-state index contributed by atoms with van der Waals surface area (Å²) in [5.41, 5.74) is 3.65. The number of nitrogens with zero attached hydrogens (tertiary/aromatic N) is 1. The zero-order chi connectivity index (χ0) is 23.1. The molecule has 0 unspecified atom stereocenters. The number of hydrogen-bond donors (Lipinski definition) is 2. The van der Waals surface area contributed by atoms with Crippen LogP contribution in [0, 0.1) is 26.7 Å². The van der Waals surface area contributed by atoms with E-state index in [9.17, 15) is 14.4 Å². The molecular weight excluding hydrogens is 406 g/mol. The minimum Gasteiger partial charge on any atom is -0.484 e. The van der Waals surface area contributed by atoms with Crippen LogP contribution in [-0.4, -0.2) is 48.9 Å². The van der Waals surface area contributed by atoms with E-state index in [1.807, 2.05) is 63.2 Å². The third kappa shape index (κ3) is 6.33. The molecule has 0 bridgehead atoms. The number of ether oxygens (including phenoxy) is 1. The molecule has 0 radical (unpaired) electrons. The first-order valence-corrected chi connectivity index (χ1v) is 11.0. The number of rotatable bonds is 6. The molecule has 1 aliphatic heterocycles. The van der Waals surface area contributed by atoms with Gasteiger partial charge in [-0.05, 0) is 62.8 Å². The van der Waals surface area contributed by atoms with Crippen LogP contribution in [0.25, 0.3) is 0 Å². The van der Waals surface area contributed by atoms with Crippen molar-refractivity contribution in [3.05, 3.63) is 59.2 Å². The van der Waals surface area contributed by atoms with Gasteiger partial charge in [0.15, 0.2) is 6.61 Å². The van der Waals surface area contributed by atoms with Gasteiger partial charge < -0.3 is 20.3 Å². The van der Waals surface area contributed by atoms with Crippen molar-refractivity contribution in [2.45, 2.75) is 33.6 Å². The maximum absolute atomic E-state index is 12.4. The van der Waals surface area contributed by atoms with Crippen LogP contribution in [0.5, 0.6) is 5.75 Å². The highest BCUT2D eigenvalue weighted by atomic mass is 16.5. The number of carbonyl (C=O) groups is 3. The number of amides is 3. The number of anilines is 1. The summed E-state index contributed by atoms with van der Waals surface area (Å²) in [6, 6.07) is 13.2. The summed E-state index contributed by atoms with van der Waals surface area (Å²) in [6.45, 7) is 7.48. The number of piperidine rings is 1. The van der Waals surface area contributed by atoms with Crippen LogP contribution in [0.3, 0.4) is 0 Å². The van der Waals surface area contributed by atoms with Gasteiger partial charge in [0.25, 0.3) is 5.91 Å². The highest BCUT2D eigenvalue weighted by Crippen LogP contribution is 2.22. The Morgan fingerprint density at radius 2 is 1.59 bits per heavy atom. The van der Waals surface area contributed by atoms with E-state index < -0.39 is 11.8 Å². The van der Waals surface area contributed by atoms with Crippen LogP contribution in [0.1, 0.15) is 29.5 Å². The van der Waals surface area contributed by atoms with Gasteiger partial charge in [-0.2, -0.15) is 0 Å². The first-order valence-electron chi connectivity index (χ1n) is 11.0. The molecule has 3 amide bonds. The first-order chi connectivity index (χ1) is 15.3. The van der Waals surface area contributed by atoms with Crippen molar-refractivity contribution in [1.29, 1.82) is 0 Å². The molecule has 1 heterocycles. The highest BCUT2D eigenvalue weighted by Gasteiger charge is 2.24. The molecule has 0 spiro atoms. The zero-order valence-corrected chi connectivity index (χ0v) is 18.9. The van der Waals surface area contributed by atoms with Crippen molar-refractivity contribution >= 4 is 23.4 Å². The number of likely N-dealkylation sites (tertiary alicyclic amines) is 1. The second kappa shape index (κ2) is 10.8. The van der Waals surface area contributed by atoms with Crippen molar-refractivity contribution < 1.29 is 19.1 Å². The molecule has 7 nitrogen and oxygen atoms in total. The average Bonchev–Trinajstić information content (AvgIpc) is 2.79. The minimum atomic E-state index is -0.661. The molecule has 1 fully saturated rings. The molecule has 0 aliphatic carbocycles. The molecule has 0 atom stereocenters. The Bertz CT molecular complexity index is 943. The van der Waals surface area contributed by atoms with E-state index in [1.165, 1.54) is 0 Å². The predicted octanol–water partition coefficient (Wildman–Crippen LogP) is 2.98. The Morgan fingerprint density at radius 1 is 0.969 bits per heavy atom. The summed E-state index contributed by atoms with van der Waals surface area (Å²) in [5.74, 6) is -0.439. The van der Waals surface area contributed by atoms with Gasteiger partial charge in [-0.25, -0.2) is 0 Å². The Hall–Kier alpha value is -3.35. The van der Waals surface area contributed by atoms with E-state index >= 15 is 0 Å². The number of aryl methyl sites for hydroxylation is 3. The molecule has 1 aliphatic rings. The van der Waals surface area contributed by atoms with Crippen LogP contribution in [0.2, 0.25) is 0 Å². The van der Waals surface area contributed by atoms with E-state index in [2.05, 4.69) is 10.6 Å². The first kappa shape index (κ1) is 23.3. The molecule has 32 heavy (non-hydrogen) atoms. The van der Waals surface area contributed by atoms with E-state index in [4.69, 9.17) is 4.74 Å². The summed E-state index contributed by atoms with van der Waals surface area (Å²) in [4.78, 5) is 38.7. The number of hydrogen-bond acceptors (Lipinski definition) is 4. The summed E-state index contributed by atoms with van der Waals surface area (Å²) in [5, 5.41) is 5.46. The fourth-order valence-electron chi connectivity index (χ4n) is 4.00. The third-order valence-electron chi connectivity index (χ3n) is 5.75. The molecule has 0 saturated carbocycles. The maximum Gasteiger partial charge on any atom is 0.313 e. The smallest absolute Gasteiger partial charge is 0.313 e. The molecule has 2 aromatic carbocycles. The summed E-state index contributed by atoms with van der Waals surface area (Å²) in [6.07, 6.45) is 1.55. The second-order valence-electron chi connectivity index (χ2n) is 8.36. The van der Waals surface area contributed by atoms with Crippen molar-refractivity contribution in [2.75, 3.05) is 31.6 Å². The van der Waals surface area contributed by atoms with E-state index in [-0.39, 0.29) is 18.4 Å². The molecular formula is C25H31N3O4. The lowest BCUT2D eigenvalue weighted by molar-refractivity contribution is -0.136. The Balaban J connectivity index is 1.39. The standard InChI is InChI=1S/C25H31N3O4/c1-17-13-18(2)23(19(3)14-17)27-25(31)24(30)26-15-20-9-11-28(12-10-20)22(29)16-32-21-7-5-4-6-8-21/h4-8,13-14,20H,9-12,15-16H2,1-3H3,(H,26,30)(H,27,31). The van der Waals surface area contributed by atoms with Gasteiger partial charge >= 0.3 is 11.8 Å². The van der Waals surface area contributed by atoms with E-state index in [0.717, 1.165) is 29.5 Å². The van der Waals surface area contributed by atoms with Gasteiger partial charge in [0.05, 0.1) is 0 Å². The van der Waals surface area contributed by atoms with E-state index in [1.54, 1.807) is 4.90 Å². The van der Waals surface area contributed by atoms with E-state index in [0.29, 0.717) is 31.1 Å². The summed E-state index contributed by atoms with van der Waals surface area (Å²) >= 11 is 0. The fraction of sp³-hybridized carbons (Fsp3) is 0.400. The minimum absolute atomic E-state index is 0.0173. The molecule has 3 rings (SSSR count). The summed E-state index contributed by atoms with van der Waals surface area (Å²) < 4.78 is 5.53. The topological polar surface area (TPSA) is 87.7 Å². The van der Waals surface area contributed by atoms with Crippen molar-refractivity contribution in [1.82, 2.24) is 10.2 Å². The van der Waals surface area contributed by atoms with Crippen LogP contribution < -0.4 is 15.4 Å². The molecule has 170 valence electrons. The fourth-order valence-corrected chi connectivity index (χ4v) is 4.00. The highest BCUT2D eigenvalue weighted by molar-refractivity contribution is 6.39. The molecule has 0 aromatic heterocycles. The third-order valence-corrected chi connectivity index (χ3v) is 5.75. The SMILES string of the molecule is Cc1cc(C)c(NC(=O)C(=O)NCC2CCN(C(=O)COc3ccccc3)CC2)c(C)c1.